The largest absolute Gasteiger partial charge is 0.227 e. The fraction of sp³-hybridized carbons (Fsp3) is 0.333. The number of benzene rings is 1. The highest BCUT2D eigenvalue weighted by atomic mass is 32.1. The normalized spacial score (nSPS) is 16.0. The Balaban J connectivity index is 2.99. The van der Waals surface area contributed by atoms with E-state index in [-0.39, 0.29) is 0 Å². The molecule has 0 aliphatic heterocycles. The Kier molecular flexibility index (Phi) is 2.23. The standard InChI is InChI=1S/C9H11FS/c1-7-3-5-8(6-4-7)9(2,10)11/h3-6,11H,1-2H3. The highest BCUT2D eigenvalue weighted by molar-refractivity contribution is 7.81. The molecule has 1 atom stereocenters. The van der Waals surface area contributed by atoms with E-state index in [1.54, 1.807) is 12.1 Å². The number of thiol groups is 1. The molecule has 0 fully saturated rings. The summed E-state index contributed by atoms with van der Waals surface area (Å²) in [5.41, 5.74) is 1.73. The predicted molar refractivity (Wildman–Crippen MR) is 48.6 cm³/mol. The van der Waals surface area contributed by atoms with Gasteiger partial charge < -0.3 is 0 Å². The Morgan fingerprint density at radius 3 is 2.09 bits per heavy atom. The summed E-state index contributed by atoms with van der Waals surface area (Å²) < 4.78 is 13.1. The first kappa shape index (κ1) is 8.60. The molecule has 0 spiro atoms. The Labute approximate surface area is 71.8 Å². The van der Waals surface area contributed by atoms with Crippen LogP contribution in [0.1, 0.15) is 18.1 Å². The van der Waals surface area contributed by atoms with Gasteiger partial charge in [0, 0.05) is 0 Å². The monoisotopic (exact) mass is 170 g/mol. The lowest BCUT2D eigenvalue weighted by molar-refractivity contribution is 0.328. The van der Waals surface area contributed by atoms with E-state index in [1.165, 1.54) is 6.92 Å². The van der Waals surface area contributed by atoms with E-state index >= 15 is 0 Å². The van der Waals surface area contributed by atoms with Gasteiger partial charge in [-0.3, -0.25) is 0 Å². The first-order valence-corrected chi connectivity index (χ1v) is 3.93. The van der Waals surface area contributed by atoms with Crippen LogP contribution in [0.3, 0.4) is 0 Å². The Hall–Kier alpha value is -0.500. The van der Waals surface area contributed by atoms with E-state index < -0.39 is 5.00 Å². The van der Waals surface area contributed by atoms with Gasteiger partial charge in [0.25, 0.3) is 0 Å². The molecule has 1 unspecified atom stereocenters. The lowest BCUT2D eigenvalue weighted by Crippen LogP contribution is -2.04. The van der Waals surface area contributed by atoms with Crippen molar-refractivity contribution in [1.82, 2.24) is 0 Å². The molecule has 1 aromatic carbocycles. The Morgan fingerprint density at radius 2 is 1.73 bits per heavy atom. The van der Waals surface area contributed by atoms with Crippen molar-refractivity contribution in [2.24, 2.45) is 0 Å². The lowest BCUT2D eigenvalue weighted by Gasteiger charge is -2.12. The van der Waals surface area contributed by atoms with Gasteiger partial charge >= 0.3 is 0 Å². The molecule has 1 aromatic rings. The van der Waals surface area contributed by atoms with E-state index in [0.717, 1.165) is 5.56 Å². The van der Waals surface area contributed by atoms with Gasteiger partial charge in [0.1, 0.15) is 0 Å². The maximum atomic E-state index is 13.1. The van der Waals surface area contributed by atoms with Crippen LogP contribution in [0.4, 0.5) is 4.39 Å². The van der Waals surface area contributed by atoms with E-state index in [0.29, 0.717) is 5.56 Å². The zero-order valence-electron chi connectivity index (χ0n) is 6.63. The van der Waals surface area contributed by atoms with Crippen LogP contribution in [-0.4, -0.2) is 0 Å². The maximum Gasteiger partial charge on any atom is 0.175 e. The quantitative estimate of drug-likeness (QED) is 0.615. The summed E-state index contributed by atoms with van der Waals surface area (Å²) in [7, 11) is 0. The van der Waals surface area contributed by atoms with Gasteiger partial charge in [-0.25, -0.2) is 4.39 Å². The third kappa shape index (κ3) is 2.22. The maximum absolute atomic E-state index is 13.1. The number of hydrogen-bond donors (Lipinski definition) is 1. The number of aryl methyl sites for hydroxylation is 1. The second-order valence-corrected chi connectivity index (χ2v) is 3.66. The van der Waals surface area contributed by atoms with Crippen LogP contribution in [-0.2, 0) is 5.00 Å². The number of alkyl halides is 1. The van der Waals surface area contributed by atoms with Gasteiger partial charge in [0.15, 0.2) is 5.00 Å². The van der Waals surface area contributed by atoms with Crippen molar-refractivity contribution < 1.29 is 4.39 Å². The van der Waals surface area contributed by atoms with Gasteiger partial charge in [-0.15, -0.1) is 12.6 Å². The number of hydrogen-bond acceptors (Lipinski definition) is 1. The van der Waals surface area contributed by atoms with Crippen LogP contribution < -0.4 is 0 Å². The SMILES string of the molecule is Cc1ccc(C(C)(F)S)cc1. The fourth-order valence-electron chi connectivity index (χ4n) is 0.858. The van der Waals surface area contributed by atoms with Crippen LogP contribution in [0.2, 0.25) is 0 Å². The van der Waals surface area contributed by atoms with Crippen molar-refractivity contribution in [3.63, 3.8) is 0 Å². The molecule has 0 radical (unpaired) electrons. The van der Waals surface area contributed by atoms with Crippen LogP contribution in [0, 0.1) is 6.92 Å². The molecule has 0 amide bonds. The summed E-state index contributed by atoms with van der Waals surface area (Å²) in [6.07, 6.45) is 0. The van der Waals surface area contributed by atoms with Gasteiger partial charge in [0.2, 0.25) is 0 Å². The molecular formula is C9H11FS. The average Bonchev–Trinajstić information content (AvgIpc) is 1.86. The van der Waals surface area contributed by atoms with Crippen LogP contribution in [0.25, 0.3) is 0 Å². The molecule has 2 heteroatoms. The van der Waals surface area contributed by atoms with E-state index in [2.05, 4.69) is 12.6 Å². The number of rotatable bonds is 1. The van der Waals surface area contributed by atoms with Crippen molar-refractivity contribution >= 4 is 12.6 Å². The summed E-state index contributed by atoms with van der Waals surface area (Å²) >= 11 is 3.81. The summed E-state index contributed by atoms with van der Waals surface area (Å²) in [5.74, 6) is 0. The summed E-state index contributed by atoms with van der Waals surface area (Å²) in [5, 5.41) is -1.52. The molecule has 0 aromatic heterocycles. The summed E-state index contributed by atoms with van der Waals surface area (Å²) in [4.78, 5) is 0. The molecule has 0 saturated heterocycles. The smallest absolute Gasteiger partial charge is 0.175 e. The molecule has 60 valence electrons. The van der Waals surface area contributed by atoms with Gasteiger partial charge in [-0.05, 0) is 19.4 Å². The third-order valence-corrected chi connectivity index (χ3v) is 1.84. The molecule has 0 bridgehead atoms. The lowest BCUT2D eigenvalue weighted by atomic mass is 10.1. The predicted octanol–water partition coefficient (Wildman–Crippen LogP) is 3.07. The van der Waals surface area contributed by atoms with Gasteiger partial charge in [0.05, 0.1) is 0 Å². The van der Waals surface area contributed by atoms with Crippen molar-refractivity contribution in [3.05, 3.63) is 35.4 Å². The first-order chi connectivity index (χ1) is 5.00. The molecular weight excluding hydrogens is 159 g/mol. The molecule has 0 saturated carbocycles. The minimum atomic E-state index is -1.52. The van der Waals surface area contributed by atoms with Crippen molar-refractivity contribution in [1.29, 1.82) is 0 Å². The van der Waals surface area contributed by atoms with Crippen molar-refractivity contribution in [3.8, 4) is 0 Å². The molecule has 11 heavy (non-hydrogen) atoms. The van der Waals surface area contributed by atoms with Crippen LogP contribution in [0.5, 0.6) is 0 Å². The number of halogens is 1. The molecule has 0 N–H and O–H groups in total. The molecule has 0 heterocycles. The zero-order valence-corrected chi connectivity index (χ0v) is 7.53. The minimum Gasteiger partial charge on any atom is -0.227 e. The van der Waals surface area contributed by atoms with Gasteiger partial charge in [-0.2, -0.15) is 0 Å². The Morgan fingerprint density at radius 1 is 1.27 bits per heavy atom. The van der Waals surface area contributed by atoms with E-state index in [9.17, 15) is 4.39 Å². The third-order valence-electron chi connectivity index (χ3n) is 1.58. The minimum absolute atomic E-state index is 0.603. The second-order valence-electron chi connectivity index (χ2n) is 2.82. The molecule has 0 nitrogen and oxygen atoms in total. The topological polar surface area (TPSA) is 0 Å². The summed E-state index contributed by atoms with van der Waals surface area (Å²) in [6.45, 7) is 3.40. The van der Waals surface area contributed by atoms with Crippen LogP contribution in [0.15, 0.2) is 24.3 Å². The molecule has 0 aliphatic carbocycles. The van der Waals surface area contributed by atoms with Gasteiger partial charge in [-0.1, -0.05) is 29.8 Å². The van der Waals surface area contributed by atoms with E-state index in [1.807, 2.05) is 19.1 Å². The average molecular weight is 170 g/mol. The highest BCUT2D eigenvalue weighted by Gasteiger charge is 2.18. The van der Waals surface area contributed by atoms with Crippen molar-refractivity contribution in [2.75, 3.05) is 0 Å². The zero-order chi connectivity index (χ0) is 8.48. The van der Waals surface area contributed by atoms with E-state index in [4.69, 9.17) is 0 Å². The first-order valence-electron chi connectivity index (χ1n) is 3.48. The van der Waals surface area contributed by atoms with Crippen LogP contribution >= 0.6 is 12.6 Å². The Bertz CT molecular complexity index is 233. The fourth-order valence-corrected chi connectivity index (χ4v) is 1.01. The molecule has 1 rings (SSSR count). The molecule has 0 aliphatic rings. The van der Waals surface area contributed by atoms with Crippen molar-refractivity contribution in [2.45, 2.75) is 18.8 Å². The highest BCUT2D eigenvalue weighted by Crippen LogP contribution is 2.28. The summed E-state index contributed by atoms with van der Waals surface area (Å²) in [6, 6.07) is 7.26. The second kappa shape index (κ2) is 2.86.